The van der Waals surface area contributed by atoms with Crippen molar-refractivity contribution in [3.63, 3.8) is 0 Å². The summed E-state index contributed by atoms with van der Waals surface area (Å²) in [4.78, 5) is 2.07. The monoisotopic (exact) mass is 242 g/mol. The summed E-state index contributed by atoms with van der Waals surface area (Å²) >= 11 is 0. The van der Waals surface area contributed by atoms with Crippen LogP contribution >= 0.6 is 0 Å². The molecule has 0 aliphatic carbocycles. The van der Waals surface area contributed by atoms with Gasteiger partial charge in [0.1, 0.15) is 0 Å². The summed E-state index contributed by atoms with van der Waals surface area (Å²) in [6.45, 7) is 4.09. The largest absolute Gasteiger partial charge is 0.397 e. The minimum absolute atomic E-state index is 0.0347. The molecule has 1 aromatic carbocycles. The first-order chi connectivity index (χ1) is 8.08. The molecule has 3 nitrogen and oxygen atoms in total. The zero-order valence-corrected chi connectivity index (χ0v) is 9.70. The number of morpholine rings is 1. The molecule has 1 fully saturated rings. The van der Waals surface area contributed by atoms with E-state index in [1.807, 2.05) is 6.92 Å². The van der Waals surface area contributed by atoms with Gasteiger partial charge in [-0.2, -0.15) is 0 Å². The summed E-state index contributed by atoms with van der Waals surface area (Å²) in [5, 5.41) is 0. The Balaban J connectivity index is 2.21. The van der Waals surface area contributed by atoms with Crippen LogP contribution in [-0.2, 0) is 4.74 Å². The van der Waals surface area contributed by atoms with Crippen molar-refractivity contribution in [1.29, 1.82) is 0 Å². The number of rotatable bonds is 2. The predicted molar refractivity (Wildman–Crippen MR) is 63.4 cm³/mol. The van der Waals surface area contributed by atoms with Crippen LogP contribution in [0.4, 0.5) is 20.2 Å². The Labute approximate surface area is 99.2 Å². The second-order valence-electron chi connectivity index (χ2n) is 4.25. The van der Waals surface area contributed by atoms with E-state index in [1.54, 1.807) is 6.07 Å². The molecule has 1 atom stereocenters. The van der Waals surface area contributed by atoms with Crippen molar-refractivity contribution in [3.05, 3.63) is 23.8 Å². The topological polar surface area (TPSA) is 38.5 Å². The van der Waals surface area contributed by atoms with Crippen molar-refractivity contribution in [2.45, 2.75) is 19.5 Å². The van der Waals surface area contributed by atoms with Gasteiger partial charge in [0.15, 0.2) is 0 Å². The highest BCUT2D eigenvalue weighted by Gasteiger charge is 2.19. The minimum Gasteiger partial charge on any atom is -0.397 e. The standard InChI is InChI=1S/C12H16F2N2O/c1-8-7-16(4-5-17-8)11-3-2-9(12(13)14)6-10(11)15/h2-3,6,8,12H,4-5,7,15H2,1H3. The molecule has 0 bridgehead atoms. The number of benzene rings is 1. The number of halogens is 2. The van der Waals surface area contributed by atoms with E-state index in [-0.39, 0.29) is 11.7 Å². The van der Waals surface area contributed by atoms with Crippen molar-refractivity contribution < 1.29 is 13.5 Å². The fourth-order valence-corrected chi connectivity index (χ4v) is 2.03. The van der Waals surface area contributed by atoms with Gasteiger partial charge >= 0.3 is 0 Å². The number of hydrogen-bond donors (Lipinski definition) is 1. The summed E-state index contributed by atoms with van der Waals surface area (Å²) in [5.74, 6) is 0. The Morgan fingerprint density at radius 2 is 2.24 bits per heavy atom. The quantitative estimate of drug-likeness (QED) is 0.809. The molecule has 17 heavy (non-hydrogen) atoms. The lowest BCUT2D eigenvalue weighted by molar-refractivity contribution is 0.0532. The van der Waals surface area contributed by atoms with E-state index in [2.05, 4.69) is 4.90 Å². The number of hydrogen-bond acceptors (Lipinski definition) is 3. The summed E-state index contributed by atoms with van der Waals surface area (Å²) in [5.41, 5.74) is 6.99. The third-order valence-corrected chi connectivity index (χ3v) is 2.89. The van der Waals surface area contributed by atoms with Crippen LogP contribution in [0.15, 0.2) is 18.2 Å². The van der Waals surface area contributed by atoms with E-state index in [0.717, 1.165) is 18.8 Å². The summed E-state index contributed by atoms with van der Waals surface area (Å²) in [7, 11) is 0. The van der Waals surface area contributed by atoms with Crippen LogP contribution in [0.3, 0.4) is 0 Å². The van der Waals surface area contributed by atoms with Crippen molar-refractivity contribution in [3.8, 4) is 0 Å². The molecule has 0 spiro atoms. The molecule has 2 rings (SSSR count). The lowest BCUT2D eigenvalue weighted by atomic mass is 10.1. The maximum atomic E-state index is 12.5. The van der Waals surface area contributed by atoms with Crippen LogP contribution in [0, 0.1) is 0 Å². The first kappa shape index (κ1) is 12.1. The van der Waals surface area contributed by atoms with E-state index < -0.39 is 6.43 Å². The molecule has 5 heteroatoms. The molecule has 0 amide bonds. The molecule has 1 saturated heterocycles. The van der Waals surface area contributed by atoms with Gasteiger partial charge in [0.25, 0.3) is 6.43 Å². The van der Waals surface area contributed by atoms with Crippen molar-refractivity contribution in [2.75, 3.05) is 30.3 Å². The van der Waals surface area contributed by atoms with Gasteiger partial charge in [0, 0.05) is 18.7 Å². The van der Waals surface area contributed by atoms with Crippen molar-refractivity contribution >= 4 is 11.4 Å². The van der Waals surface area contributed by atoms with Crippen LogP contribution in [0.1, 0.15) is 18.9 Å². The summed E-state index contributed by atoms with van der Waals surface area (Å²) in [6, 6.07) is 4.44. The molecule has 1 aromatic rings. The Morgan fingerprint density at radius 3 is 2.82 bits per heavy atom. The van der Waals surface area contributed by atoms with Gasteiger partial charge in [-0.25, -0.2) is 8.78 Å². The lowest BCUT2D eigenvalue weighted by Crippen LogP contribution is -2.41. The summed E-state index contributed by atoms with van der Waals surface area (Å²) < 4.78 is 30.4. The molecule has 0 aromatic heterocycles. The average Bonchev–Trinajstić information content (AvgIpc) is 2.28. The van der Waals surface area contributed by atoms with E-state index >= 15 is 0 Å². The highest BCUT2D eigenvalue weighted by atomic mass is 19.3. The maximum Gasteiger partial charge on any atom is 0.263 e. The zero-order valence-electron chi connectivity index (χ0n) is 9.70. The second-order valence-corrected chi connectivity index (χ2v) is 4.25. The van der Waals surface area contributed by atoms with E-state index in [1.165, 1.54) is 12.1 Å². The number of anilines is 2. The second kappa shape index (κ2) is 4.87. The number of nitrogens with zero attached hydrogens (tertiary/aromatic N) is 1. The summed E-state index contributed by atoms with van der Waals surface area (Å²) in [6.07, 6.45) is -2.34. The lowest BCUT2D eigenvalue weighted by Gasteiger charge is -2.33. The minimum atomic E-state index is -2.48. The fourth-order valence-electron chi connectivity index (χ4n) is 2.03. The highest BCUT2D eigenvalue weighted by molar-refractivity contribution is 5.68. The smallest absolute Gasteiger partial charge is 0.263 e. The first-order valence-electron chi connectivity index (χ1n) is 5.62. The Hall–Kier alpha value is -1.36. The predicted octanol–water partition coefficient (Wildman–Crippen LogP) is 2.43. The molecular weight excluding hydrogens is 226 g/mol. The van der Waals surface area contributed by atoms with E-state index in [9.17, 15) is 8.78 Å². The third-order valence-electron chi connectivity index (χ3n) is 2.89. The molecule has 1 aliphatic rings. The number of nitrogens with two attached hydrogens (primary N) is 1. The third kappa shape index (κ3) is 2.66. The van der Waals surface area contributed by atoms with Crippen LogP contribution in [-0.4, -0.2) is 25.8 Å². The number of nitrogen functional groups attached to an aromatic ring is 1. The van der Waals surface area contributed by atoms with Crippen LogP contribution in [0.25, 0.3) is 0 Å². The molecule has 2 N–H and O–H groups in total. The van der Waals surface area contributed by atoms with E-state index in [0.29, 0.717) is 12.3 Å². The molecule has 0 saturated carbocycles. The Bertz CT molecular complexity index is 398. The normalized spacial score (nSPS) is 20.9. The SMILES string of the molecule is CC1CN(c2ccc(C(F)F)cc2N)CCO1. The van der Waals surface area contributed by atoms with Gasteiger partial charge in [-0.3, -0.25) is 0 Å². The van der Waals surface area contributed by atoms with Gasteiger partial charge in [0.2, 0.25) is 0 Å². The van der Waals surface area contributed by atoms with Crippen molar-refractivity contribution in [2.24, 2.45) is 0 Å². The molecule has 1 unspecified atom stereocenters. The molecule has 1 aliphatic heterocycles. The van der Waals surface area contributed by atoms with Crippen LogP contribution < -0.4 is 10.6 Å². The zero-order chi connectivity index (χ0) is 12.4. The fraction of sp³-hybridized carbons (Fsp3) is 0.500. The van der Waals surface area contributed by atoms with Gasteiger partial charge in [-0.1, -0.05) is 6.07 Å². The number of alkyl halides is 2. The maximum absolute atomic E-state index is 12.5. The van der Waals surface area contributed by atoms with E-state index in [4.69, 9.17) is 10.5 Å². The van der Waals surface area contributed by atoms with Gasteiger partial charge < -0.3 is 15.4 Å². The van der Waals surface area contributed by atoms with Crippen LogP contribution in [0.2, 0.25) is 0 Å². The first-order valence-corrected chi connectivity index (χ1v) is 5.62. The van der Waals surface area contributed by atoms with Gasteiger partial charge in [-0.05, 0) is 19.1 Å². The molecule has 0 radical (unpaired) electrons. The van der Waals surface area contributed by atoms with Crippen molar-refractivity contribution in [1.82, 2.24) is 0 Å². The molecular formula is C12H16F2N2O. The van der Waals surface area contributed by atoms with Gasteiger partial charge in [-0.15, -0.1) is 0 Å². The molecule has 1 heterocycles. The Kier molecular flexibility index (Phi) is 3.47. The van der Waals surface area contributed by atoms with Gasteiger partial charge in [0.05, 0.1) is 24.1 Å². The average molecular weight is 242 g/mol. The highest BCUT2D eigenvalue weighted by Crippen LogP contribution is 2.29. The molecule has 94 valence electrons. The van der Waals surface area contributed by atoms with Crippen LogP contribution in [0.5, 0.6) is 0 Å². The Morgan fingerprint density at radius 1 is 1.47 bits per heavy atom. The number of ether oxygens (including phenoxy) is 1.